The third-order valence-corrected chi connectivity index (χ3v) is 2.95. The minimum absolute atomic E-state index is 0.0998. The Balaban J connectivity index is 2.57. The quantitative estimate of drug-likeness (QED) is 0.813. The molecule has 0 amide bonds. The van der Waals surface area contributed by atoms with Gasteiger partial charge in [0.1, 0.15) is 0 Å². The molecule has 1 unspecified atom stereocenters. The van der Waals surface area contributed by atoms with Crippen molar-refractivity contribution in [1.29, 1.82) is 0 Å². The molecule has 0 saturated heterocycles. The third-order valence-electron chi connectivity index (χ3n) is 2.95. The number of rotatable bonds is 7. The van der Waals surface area contributed by atoms with Crippen molar-refractivity contribution in [3.63, 3.8) is 0 Å². The standard InChI is InChI=1S/C16H28N2O/c1-6-8-13(2)12-19-15-14(9-7-10-17-15)11-18-16(3,4)5/h7,9-10,13,18H,6,8,11-12H2,1-5H3. The molecular weight excluding hydrogens is 236 g/mol. The number of hydrogen-bond donors (Lipinski definition) is 1. The lowest BCUT2D eigenvalue weighted by molar-refractivity contribution is 0.239. The molecule has 3 heteroatoms. The van der Waals surface area contributed by atoms with Crippen molar-refractivity contribution in [2.75, 3.05) is 6.61 Å². The highest BCUT2D eigenvalue weighted by molar-refractivity contribution is 5.25. The van der Waals surface area contributed by atoms with Gasteiger partial charge in [-0.3, -0.25) is 0 Å². The van der Waals surface area contributed by atoms with E-state index in [-0.39, 0.29) is 5.54 Å². The van der Waals surface area contributed by atoms with Gasteiger partial charge in [-0.2, -0.15) is 0 Å². The fourth-order valence-electron chi connectivity index (χ4n) is 1.85. The summed E-state index contributed by atoms with van der Waals surface area (Å²) in [5, 5.41) is 3.47. The van der Waals surface area contributed by atoms with E-state index in [0.29, 0.717) is 5.92 Å². The summed E-state index contributed by atoms with van der Waals surface area (Å²) in [6, 6.07) is 4.04. The van der Waals surface area contributed by atoms with Crippen molar-refractivity contribution in [1.82, 2.24) is 10.3 Å². The molecule has 19 heavy (non-hydrogen) atoms. The summed E-state index contributed by atoms with van der Waals surface area (Å²) in [6.45, 7) is 12.4. The van der Waals surface area contributed by atoms with Crippen LogP contribution >= 0.6 is 0 Å². The van der Waals surface area contributed by atoms with Crippen LogP contribution < -0.4 is 10.1 Å². The summed E-state index contributed by atoms with van der Waals surface area (Å²) >= 11 is 0. The van der Waals surface area contributed by atoms with Gasteiger partial charge in [0.15, 0.2) is 0 Å². The van der Waals surface area contributed by atoms with Gasteiger partial charge in [-0.05, 0) is 39.2 Å². The van der Waals surface area contributed by atoms with E-state index < -0.39 is 0 Å². The van der Waals surface area contributed by atoms with Gasteiger partial charge in [0.25, 0.3) is 0 Å². The van der Waals surface area contributed by atoms with Crippen molar-refractivity contribution >= 4 is 0 Å². The first-order valence-corrected chi connectivity index (χ1v) is 7.24. The molecule has 1 aromatic rings. The van der Waals surface area contributed by atoms with Gasteiger partial charge in [0.2, 0.25) is 5.88 Å². The summed E-state index contributed by atoms with van der Waals surface area (Å²) in [5.74, 6) is 1.35. The second kappa shape index (κ2) is 7.49. The molecule has 0 saturated carbocycles. The molecule has 3 nitrogen and oxygen atoms in total. The highest BCUT2D eigenvalue weighted by Crippen LogP contribution is 2.17. The molecule has 1 rings (SSSR count). The van der Waals surface area contributed by atoms with Gasteiger partial charge in [-0.25, -0.2) is 4.98 Å². The van der Waals surface area contributed by atoms with E-state index in [1.165, 1.54) is 12.8 Å². The van der Waals surface area contributed by atoms with Gasteiger partial charge >= 0.3 is 0 Å². The smallest absolute Gasteiger partial charge is 0.217 e. The summed E-state index contributed by atoms with van der Waals surface area (Å²) in [7, 11) is 0. The number of ether oxygens (including phenoxy) is 1. The lowest BCUT2D eigenvalue weighted by atomic mass is 10.1. The van der Waals surface area contributed by atoms with Crippen LogP contribution in [0.5, 0.6) is 5.88 Å². The predicted octanol–water partition coefficient (Wildman–Crippen LogP) is 3.78. The van der Waals surface area contributed by atoms with Crippen LogP contribution in [0.4, 0.5) is 0 Å². The first-order valence-electron chi connectivity index (χ1n) is 7.24. The number of aromatic nitrogens is 1. The van der Waals surface area contributed by atoms with Crippen LogP contribution in [-0.4, -0.2) is 17.1 Å². The molecule has 1 atom stereocenters. The minimum atomic E-state index is 0.0998. The first kappa shape index (κ1) is 16.0. The van der Waals surface area contributed by atoms with Crippen molar-refractivity contribution in [3.05, 3.63) is 23.9 Å². The molecule has 0 radical (unpaired) electrons. The van der Waals surface area contributed by atoms with Gasteiger partial charge < -0.3 is 10.1 Å². The Kier molecular flexibility index (Phi) is 6.29. The highest BCUT2D eigenvalue weighted by Gasteiger charge is 2.12. The van der Waals surface area contributed by atoms with Gasteiger partial charge in [0.05, 0.1) is 6.61 Å². The topological polar surface area (TPSA) is 34.1 Å². The molecule has 0 fully saturated rings. The monoisotopic (exact) mass is 264 g/mol. The van der Waals surface area contributed by atoms with E-state index in [2.05, 4.69) is 51.0 Å². The SMILES string of the molecule is CCCC(C)COc1ncccc1CNC(C)(C)C. The molecule has 0 spiro atoms. The largest absolute Gasteiger partial charge is 0.477 e. The molecular formula is C16H28N2O. The average Bonchev–Trinajstić information content (AvgIpc) is 2.34. The van der Waals surface area contributed by atoms with E-state index in [1.54, 1.807) is 6.20 Å². The zero-order valence-corrected chi connectivity index (χ0v) is 13.0. The predicted molar refractivity (Wildman–Crippen MR) is 80.4 cm³/mol. The fourth-order valence-corrected chi connectivity index (χ4v) is 1.85. The molecule has 0 aromatic carbocycles. The number of hydrogen-bond acceptors (Lipinski definition) is 3. The third kappa shape index (κ3) is 6.58. The molecule has 0 aliphatic carbocycles. The summed E-state index contributed by atoms with van der Waals surface area (Å²) in [6.07, 6.45) is 4.19. The average molecular weight is 264 g/mol. The summed E-state index contributed by atoms with van der Waals surface area (Å²) < 4.78 is 5.87. The summed E-state index contributed by atoms with van der Waals surface area (Å²) in [4.78, 5) is 4.35. The van der Waals surface area contributed by atoms with Crippen LogP contribution in [0.1, 0.15) is 53.0 Å². The molecule has 1 heterocycles. The Morgan fingerprint density at radius 1 is 1.37 bits per heavy atom. The van der Waals surface area contributed by atoms with Crippen LogP contribution in [0, 0.1) is 5.92 Å². The number of nitrogens with one attached hydrogen (secondary N) is 1. The second-order valence-electron chi connectivity index (χ2n) is 6.28. The summed E-state index contributed by atoms with van der Waals surface area (Å²) in [5.41, 5.74) is 1.23. The maximum atomic E-state index is 5.87. The van der Waals surface area contributed by atoms with Crippen molar-refractivity contribution in [2.24, 2.45) is 5.92 Å². The van der Waals surface area contributed by atoms with Crippen molar-refractivity contribution in [2.45, 2.75) is 59.5 Å². The zero-order valence-electron chi connectivity index (χ0n) is 13.0. The molecule has 0 aliphatic heterocycles. The van der Waals surface area contributed by atoms with E-state index in [9.17, 15) is 0 Å². The molecule has 1 N–H and O–H groups in total. The zero-order chi connectivity index (χ0) is 14.3. The van der Waals surface area contributed by atoms with Gasteiger partial charge in [-0.15, -0.1) is 0 Å². The number of nitrogens with zero attached hydrogens (tertiary/aromatic N) is 1. The molecule has 0 aliphatic rings. The fraction of sp³-hybridized carbons (Fsp3) is 0.688. The van der Waals surface area contributed by atoms with Crippen molar-refractivity contribution in [3.8, 4) is 5.88 Å². The maximum Gasteiger partial charge on any atom is 0.217 e. The molecule has 1 aromatic heterocycles. The van der Waals surface area contributed by atoms with E-state index in [0.717, 1.165) is 24.6 Å². The normalized spacial score (nSPS) is 13.3. The van der Waals surface area contributed by atoms with E-state index >= 15 is 0 Å². The van der Waals surface area contributed by atoms with Gasteiger partial charge in [-0.1, -0.05) is 26.3 Å². The maximum absolute atomic E-state index is 5.87. The molecule has 0 bridgehead atoms. The van der Waals surface area contributed by atoms with Crippen LogP contribution in [0.25, 0.3) is 0 Å². The Hall–Kier alpha value is -1.09. The Morgan fingerprint density at radius 3 is 2.74 bits per heavy atom. The van der Waals surface area contributed by atoms with E-state index in [4.69, 9.17) is 4.74 Å². The van der Waals surface area contributed by atoms with Crippen molar-refractivity contribution < 1.29 is 4.74 Å². The Morgan fingerprint density at radius 2 is 2.11 bits per heavy atom. The van der Waals surface area contributed by atoms with Crippen LogP contribution in [-0.2, 0) is 6.54 Å². The highest BCUT2D eigenvalue weighted by atomic mass is 16.5. The van der Waals surface area contributed by atoms with Crippen LogP contribution in [0.15, 0.2) is 18.3 Å². The van der Waals surface area contributed by atoms with Crippen LogP contribution in [0.2, 0.25) is 0 Å². The lowest BCUT2D eigenvalue weighted by Gasteiger charge is -2.21. The Labute approximate surface area is 117 Å². The second-order valence-corrected chi connectivity index (χ2v) is 6.28. The first-order chi connectivity index (χ1) is 8.92. The van der Waals surface area contributed by atoms with E-state index in [1.807, 2.05) is 6.07 Å². The minimum Gasteiger partial charge on any atom is -0.477 e. The number of pyridine rings is 1. The van der Waals surface area contributed by atoms with Gasteiger partial charge in [0, 0.05) is 23.8 Å². The molecule has 108 valence electrons. The Bertz CT molecular complexity index is 371. The lowest BCUT2D eigenvalue weighted by Crippen LogP contribution is -2.35. The van der Waals surface area contributed by atoms with Crippen LogP contribution in [0.3, 0.4) is 0 Å².